The Kier molecular flexibility index (Phi) is 19.2. The van der Waals surface area contributed by atoms with Crippen LogP contribution in [0.3, 0.4) is 0 Å². The van der Waals surface area contributed by atoms with Crippen molar-refractivity contribution in [2.24, 2.45) is 0 Å². The standard InChI is InChI=1S/C40H47F2NO5/c1-4-5-6-7-8-9-10-11-12-13-14-15-16-17-18-19-20-21-22-23-39(45)47-31(2)30-43-40(46)36-28-33(24-27-38(36)48-32(3)44)35-26-25-34(41)29-37(35)42/h5-6,8-9,11-12,14-15,17-18,20-21,24-29,31H,4,7,10,13,16,19,22-23,30H2,1-3H3,(H,43,46)/b6-5-,9-8-,12-11-,15-14-,18-17-,21-20-. The zero-order valence-electron chi connectivity index (χ0n) is 28.1. The van der Waals surface area contributed by atoms with Gasteiger partial charge in [-0.3, -0.25) is 14.4 Å². The Morgan fingerprint density at radius 2 is 1.33 bits per heavy atom. The molecule has 2 aromatic carbocycles. The fourth-order valence-corrected chi connectivity index (χ4v) is 4.34. The monoisotopic (exact) mass is 659 g/mol. The number of carbonyl (C=O) groups excluding carboxylic acids is 3. The van der Waals surface area contributed by atoms with E-state index in [4.69, 9.17) is 9.47 Å². The zero-order valence-corrected chi connectivity index (χ0v) is 28.1. The summed E-state index contributed by atoms with van der Waals surface area (Å²) in [6, 6.07) is 7.30. The second-order valence-corrected chi connectivity index (χ2v) is 10.9. The Balaban J connectivity index is 1.69. The predicted molar refractivity (Wildman–Crippen MR) is 188 cm³/mol. The molecule has 0 aromatic heterocycles. The molecule has 0 spiro atoms. The van der Waals surface area contributed by atoms with Crippen LogP contribution in [-0.4, -0.2) is 30.5 Å². The van der Waals surface area contributed by atoms with E-state index >= 15 is 0 Å². The van der Waals surface area contributed by atoms with E-state index in [9.17, 15) is 23.2 Å². The van der Waals surface area contributed by atoms with Gasteiger partial charge < -0.3 is 14.8 Å². The molecule has 0 saturated heterocycles. The first-order valence-corrected chi connectivity index (χ1v) is 16.4. The molecule has 0 radical (unpaired) electrons. The minimum absolute atomic E-state index is 0.000860. The number of hydrogen-bond acceptors (Lipinski definition) is 5. The molecule has 0 bridgehead atoms. The van der Waals surface area contributed by atoms with Crippen LogP contribution >= 0.6 is 0 Å². The van der Waals surface area contributed by atoms with Crippen molar-refractivity contribution in [2.75, 3.05) is 6.54 Å². The van der Waals surface area contributed by atoms with Crippen LogP contribution in [0.5, 0.6) is 5.75 Å². The number of nitrogens with one attached hydrogen (secondary N) is 1. The fourth-order valence-electron chi connectivity index (χ4n) is 4.34. The number of amides is 1. The van der Waals surface area contributed by atoms with E-state index in [2.05, 4.69) is 73.0 Å². The van der Waals surface area contributed by atoms with E-state index in [0.29, 0.717) is 12.0 Å². The molecule has 2 aromatic rings. The van der Waals surface area contributed by atoms with Crippen LogP contribution in [-0.2, 0) is 14.3 Å². The van der Waals surface area contributed by atoms with Crippen LogP contribution in [0.1, 0.15) is 82.5 Å². The lowest BCUT2D eigenvalue weighted by Crippen LogP contribution is -2.33. The highest BCUT2D eigenvalue weighted by atomic mass is 19.1. The summed E-state index contributed by atoms with van der Waals surface area (Å²) in [6.45, 7) is 4.97. The van der Waals surface area contributed by atoms with Crippen molar-refractivity contribution < 1.29 is 32.6 Å². The molecule has 8 heteroatoms. The van der Waals surface area contributed by atoms with Gasteiger partial charge in [-0.05, 0) is 81.7 Å². The maximum Gasteiger partial charge on any atom is 0.308 e. The Morgan fingerprint density at radius 3 is 1.88 bits per heavy atom. The van der Waals surface area contributed by atoms with Gasteiger partial charge in [0.2, 0.25) is 0 Å². The van der Waals surface area contributed by atoms with Gasteiger partial charge in [-0.1, -0.05) is 85.9 Å². The normalized spacial score (nSPS) is 12.7. The lowest BCUT2D eigenvalue weighted by atomic mass is 10.0. The average molecular weight is 660 g/mol. The number of ether oxygens (including phenoxy) is 2. The summed E-state index contributed by atoms with van der Waals surface area (Å²) >= 11 is 0. The number of carbonyl (C=O) groups is 3. The molecule has 48 heavy (non-hydrogen) atoms. The van der Waals surface area contributed by atoms with E-state index in [1.807, 2.05) is 12.2 Å². The molecule has 0 aliphatic heterocycles. The first kappa shape index (κ1) is 39.3. The van der Waals surface area contributed by atoms with E-state index < -0.39 is 35.6 Å². The predicted octanol–water partition coefficient (Wildman–Crippen LogP) is 9.70. The first-order chi connectivity index (χ1) is 23.2. The molecule has 256 valence electrons. The molecule has 0 fully saturated rings. The average Bonchev–Trinajstić information content (AvgIpc) is 3.04. The van der Waals surface area contributed by atoms with E-state index in [1.165, 1.54) is 31.2 Å². The highest BCUT2D eigenvalue weighted by Gasteiger charge is 2.19. The van der Waals surface area contributed by atoms with Gasteiger partial charge in [-0.15, -0.1) is 0 Å². The van der Waals surface area contributed by atoms with Crippen LogP contribution < -0.4 is 10.1 Å². The second-order valence-electron chi connectivity index (χ2n) is 10.9. The summed E-state index contributed by atoms with van der Waals surface area (Å²) in [4.78, 5) is 36.8. The van der Waals surface area contributed by atoms with Crippen LogP contribution in [0, 0.1) is 11.6 Å². The number of rotatable bonds is 20. The Morgan fingerprint density at radius 1 is 0.771 bits per heavy atom. The van der Waals surface area contributed by atoms with Crippen molar-refractivity contribution in [2.45, 2.75) is 78.2 Å². The number of hydrogen-bond donors (Lipinski definition) is 1. The molecule has 2 rings (SSSR count). The van der Waals surface area contributed by atoms with Crippen LogP contribution in [0.2, 0.25) is 0 Å². The van der Waals surface area contributed by atoms with Crippen molar-refractivity contribution in [3.8, 4) is 16.9 Å². The highest BCUT2D eigenvalue weighted by molar-refractivity contribution is 5.99. The molecule has 6 nitrogen and oxygen atoms in total. The largest absolute Gasteiger partial charge is 0.461 e. The van der Waals surface area contributed by atoms with Crippen LogP contribution in [0.25, 0.3) is 11.1 Å². The maximum absolute atomic E-state index is 14.4. The van der Waals surface area contributed by atoms with Gasteiger partial charge in [0.15, 0.2) is 0 Å². The van der Waals surface area contributed by atoms with Crippen molar-refractivity contribution in [1.82, 2.24) is 5.32 Å². The third-order valence-electron chi connectivity index (χ3n) is 6.71. The summed E-state index contributed by atoms with van der Waals surface area (Å²) in [5, 5.41) is 2.65. The Labute approximate surface area is 283 Å². The van der Waals surface area contributed by atoms with Crippen LogP contribution in [0.4, 0.5) is 8.78 Å². The van der Waals surface area contributed by atoms with E-state index in [1.54, 1.807) is 6.92 Å². The molecule has 0 saturated carbocycles. The smallest absolute Gasteiger partial charge is 0.308 e. The fraction of sp³-hybridized carbons (Fsp3) is 0.325. The molecular weight excluding hydrogens is 612 g/mol. The molecule has 1 N–H and O–H groups in total. The summed E-state index contributed by atoms with van der Waals surface area (Å²) in [6.07, 6.45) is 31.2. The first-order valence-electron chi connectivity index (χ1n) is 16.4. The zero-order chi connectivity index (χ0) is 35.0. The lowest BCUT2D eigenvalue weighted by molar-refractivity contribution is -0.147. The quantitative estimate of drug-likeness (QED) is 0.0870. The van der Waals surface area contributed by atoms with Crippen LogP contribution in [0.15, 0.2) is 109 Å². The Bertz CT molecular complexity index is 1500. The van der Waals surface area contributed by atoms with Gasteiger partial charge in [0.25, 0.3) is 5.91 Å². The molecule has 0 aliphatic carbocycles. The molecule has 1 unspecified atom stereocenters. The third kappa shape index (κ3) is 16.6. The van der Waals surface area contributed by atoms with Gasteiger partial charge in [0.05, 0.1) is 12.1 Å². The van der Waals surface area contributed by atoms with Gasteiger partial charge >= 0.3 is 11.9 Å². The van der Waals surface area contributed by atoms with Gasteiger partial charge in [0.1, 0.15) is 23.5 Å². The van der Waals surface area contributed by atoms with Gasteiger partial charge in [-0.2, -0.15) is 0 Å². The summed E-state index contributed by atoms with van der Waals surface area (Å²) in [7, 11) is 0. The number of benzene rings is 2. The molecule has 0 aliphatic rings. The topological polar surface area (TPSA) is 81.7 Å². The third-order valence-corrected chi connectivity index (χ3v) is 6.71. The van der Waals surface area contributed by atoms with Crippen molar-refractivity contribution in [1.29, 1.82) is 0 Å². The van der Waals surface area contributed by atoms with E-state index in [-0.39, 0.29) is 29.8 Å². The van der Waals surface area contributed by atoms with Crippen molar-refractivity contribution >= 4 is 17.8 Å². The number of esters is 2. The molecule has 0 heterocycles. The number of halogens is 2. The van der Waals surface area contributed by atoms with Gasteiger partial charge in [-0.25, -0.2) is 8.78 Å². The van der Waals surface area contributed by atoms with E-state index in [0.717, 1.165) is 50.7 Å². The molecular formula is C40H47F2NO5. The Hall–Kier alpha value is -4.85. The molecule has 1 amide bonds. The number of allylic oxidation sites excluding steroid dienone is 12. The minimum Gasteiger partial charge on any atom is -0.461 e. The lowest BCUT2D eigenvalue weighted by Gasteiger charge is -2.16. The van der Waals surface area contributed by atoms with Crippen molar-refractivity contribution in [3.63, 3.8) is 0 Å². The van der Waals surface area contributed by atoms with Crippen molar-refractivity contribution in [3.05, 3.63) is 127 Å². The maximum atomic E-state index is 14.4. The molecule has 1 atom stereocenters. The SMILES string of the molecule is CC/C=C\C/C=C\C/C=C\C/C=C\C/C=C\C/C=C\CCC(=O)OC(C)CNC(=O)c1cc(-c2ccc(F)cc2F)ccc1OC(C)=O. The van der Waals surface area contributed by atoms with Gasteiger partial charge in [0, 0.05) is 25.0 Å². The highest BCUT2D eigenvalue weighted by Crippen LogP contribution is 2.29. The summed E-state index contributed by atoms with van der Waals surface area (Å²) < 4.78 is 38.3. The summed E-state index contributed by atoms with van der Waals surface area (Å²) in [5.74, 6) is -3.20. The second kappa shape index (κ2) is 23.5. The summed E-state index contributed by atoms with van der Waals surface area (Å²) in [5.41, 5.74) is 0.346. The minimum atomic E-state index is -0.800.